The lowest BCUT2D eigenvalue weighted by atomic mass is 9.96. The fourth-order valence-corrected chi connectivity index (χ4v) is 4.16. The number of carboxylic acid groups (broad SMARTS) is 1. The van der Waals surface area contributed by atoms with Crippen LogP contribution in [0.5, 0.6) is 0 Å². The highest BCUT2D eigenvalue weighted by Crippen LogP contribution is 2.33. The first-order chi connectivity index (χ1) is 8.65. The van der Waals surface area contributed by atoms with Crippen molar-refractivity contribution in [3.8, 4) is 0 Å². The van der Waals surface area contributed by atoms with Crippen LogP contribution in [0.3, 0.4) is 0 Å². The Hall–Kier alpha value is -0.610. The van der Waals surface area contributed by atoms with Gasteiger partial charge in [0.25, 0.3) is 0 Å². The molecular weight excluding hydrogens is 228 g/mol. The van der Waals surface area contributed by atoms with Gasteiger partial charge in [0.1, 0.15) is 0 Å². The monoisotopic (exact) mass is 252 g/mol. The molecule has 3 fully saturated rings. The highest BCUT2D eigenvalue weighted by molar-refractivity contribution is 5.71. The van der Waals surface area contributed by atoms with Crippen molar-refractivity contribution in [2.75, 3.05) is 26.2 Å². The average molecular weight is 252 g/mol. The summed E-state index contributed by atoms with van der Waals surface area (Å²) in [6.45, 7) is 6.34. The zero-order valence-electron chi connectivity index (χ0n) is 11.2. The van der Waals surface area contributed by atoms with Crippen LogP contribution < -0.4 is 0 Å². The lowest BCUT2D eigenvalue weighted by Gasteiger charge is -2.39. The number of aliphatic carboxylic acids is 1. The van der Waals surface area contributed by atoms with Gasteiger partial charge in [-0.15, -0.1) is 0 Å². The minimum absolute atomic E-state index is 0.147. The molecule has 4 atom stereocenters. The summed E-state index contributed by atoms with van der Waals surface area (Å²) in [5, 5.41) is 9.22. The lowest BCUT2D eigenvalue weighted by molar-refractivity contribution is -0.142. The third kappa shape index (κ3) is 2.16. The van der Waals surface area contributed by atoms with Crippen LogP contribution >= 0.6 is 0 Å². The first-order valence-electron chi connectivity index (χ1n) is 7.36. The number of hydrogen-bond donors (Lipinski definition) is 1. The van der Waals surface area contributed by atoms with E-state index in [4.69, 9.17) is 0 Å². The lowest BCUT2D eigenvalue weighted by Crippen LogP contribution is -2.47. The Morgan fingerprint density at radius 1 is 1.11 bits per heavy atom. The van der Waals surface area contributed by atoms with Crippen LogP contribution in [-0.2, 0) is 4.79 Å². The quantitative estimate of drug-likeness (QED) is 0.803. The van der Waals surface area contributed by atoms with Gasteiger partial charge in [0, 0.05) is 25.2 Å². The average Bonchev–Trinajstić information content (AvgIpc) is 2.93. The molecule has 4 unspecified atom stereocenters. The van der Waals surface area contributed by atoms with Gasteiger partial charge in [-0.2, -0.15) is 0 Å². The van der Waals surface area contributed by atoms with E-state index in [-0.39, 0.29) is 5.92 Å². The van der Waals surface area contributed by atoms with E-state index in [2.05, 4.69) is 16.7 Å². The fourth-order valence-electron chi connectivity index (χ4n) is 4.16. The minimum Gasteiger partial charge on any atom is -0.481 e. The minimum atomic E-state index is -0.608. The largest absolute Gasteiger partial charge is 0.481 e. The molecule has 0 aliphatic carbocycles. The molecule has 0 bridgehead atoms. The summed E-state index contributed by atoms with van der Waals surface area (Å²) in [7, 11) is 0. The number of nitrogens with zero attached hydrogens (tertiary/aromatic N) is 2. The molecule has 3 aliphatic rings. The molecule has 0 saturated carbocycles. The number of rotatable bonds is 2. The van der Waals surface area contributed by atoms with E-state index in [0.29, 0.717) is 12.0 Å². The Balaban J connectivity index is 1.61. The maximum atomic E-state index is 11.2. The van der Waals surface area contributed by atoms with Crippen molar-refractivity contribution in [3.63, 3.8) is 0 Å². The smallest absolute Gasteiger partial charge is 0.308 e. The summed E-state index contributed by atoms with van der Waals surface area (Å²) < 4.78 is 0. The van der Waals surface area contributed by atoms with Crippen LogP contribution in [0.1, 0.15) is 32.6 Å². The maximum Gasteiger partial charge on any atom is 0.308 e. The molecule has 0 spiro atoms. The van der Waals surface area contributed by atoms with Gasteiger partial charge in [-0.25, -0.2) is 0 Å². The molecule has 3 saturated heterocycles. The highest BCUT2D eigenvalue weighted by Gasteiger charge is 2.40. The molecule has 0 radical (unpaired) electrons. The third-order valence-corrected chi connectivity index (χ3v) is 5.27. The van der Waals surface area contributed by atoms with Crippen LogP contribution in [0, 0.1) is 11.8 Å². The normalized spacial score (nSPS) is 42.1. The van der Waals surface area contributed by atoms with Crippen LogP contribution in [0.25, 0.3) is 0 Å². The van der Waals surface area contributed by atoms with Crippen LogP contribution in [0.4, 0.5) is 0 Å². The van der Waals surface area contributed by atoms with E-state index < -0.39 is 5.97 Å². The predicted octanol–water partition coefficient (Wildman–Crippen LogP) is 1.27. The second-order valence-electron chi connectivity index (χ2n) is 6.39. The summed E-state index contributed by atoms with van der Waals surface area (Å²) in [4.78, 5) is 16.3. The van der Waals surface area contributed by atoms with Crippen LogP contribution in [-0.4, -0.2) is 59.1 Å². The number of likely N-dealkylation sites (tertiary alicyclic amines) is 1. The van der Waals surface area contributed by atoms with Crippen LogP contribution in [0.15, 0.2) is 0 Å². The summed E-state index contributed by atoms with van der Waals surface area (Å²) in [6, 6.07) is 1.42. The molecule has 1 N–H and O–H groups in total. The van der Waals surface area contributed by atoms with Crippen molar-refractivity contribution in [3.05, 3.63) is 0 Å². The molecular formula is C14H24N2O2. The van der Waals surface area contributed by atoms with E-state index in [1.807, 2.05) is 0 Å². The highest BCUT2D eigenvalue weighted by atomic mass is 16.4. The van der Waals surface area contributed by atoms with E-state index in [0.717, 1.165) is 19.1 Å². The second kappa shape index (κ2) is 4.82. The number of fused-ring (bicyclic) bond motifs is 1. The van der Waals surface area contributed by atoms with Gasteiger partial charge in [0.15, 0.2) is 0 Å². The molecule has 3 heterocycles. The van der Waals surface area contributed by atoms with E-state index in [1.54, 1.807) is 0 Å². The molecule has 102 valence electrons. The molecule has 18 heavy (non-hydrogen) atoms. The van der Waals surface area contributed by atoms with Gasteiger partial charge in [-0.05, 0) is 44.7 Å². The molecule has 4 heteroatoms. The molecule has 0 aromatic heterocycles. The number of carbonyl (C=O) groups is 1. The van der Waals surface area contributed by atoms with Crippen molar-refractivity contribution in [1.82, 2.24) is 9.80 Å². The van der Waals surface area contributed by atoms with E-state index in [1.165, 1.54) is 38.8 Å². The van der Waals surface area contributed by atoms with Gasteiger partial charge in [-0.3, -0.25) is 9.69 Å². The van der Waals surface area contributed by atoms with Crippen LogP contribution in [0.2, 0.25) is 0 Å². The van der Waals surface area contributed by atoms with Gasteiger partial charge in [0.05, 0.1) is 5.92 Å². The number of piperidine rings is 1. The number of carboxylic acids is 1. The molecule has 0 amide bonds. The Morgan fingerprint density at radius 2 is 1.89 bits per heavy atom. The topological polar surface area (TPSA) is 43.8 Å². The molecule has 3 rings (SSSR count). The van der Waals surface area contributed by atoms with Crippen molar-refractivity contribution in [2.24, 2.45) is 11.8 Å². The van der Waals surface area contributed by atoms with Gasteiger partial charge >= 0.3 is 5.97 Å². The zero-order valence-corrected chi connectivity index (χ0v) is 11.2. The van der Waals surface area contributed by atoms with Gasteiger partial charge < -0.3 is 10.0 Å². The third-order valence-electron chi connectivity index (χ3n) is 5.27. The van der Waals surface area contributed by atoms with E-state index in [9.17, 15) is 9.90 Å². The van der Waals surface area contributed by atoms with Gasteiger partial charge in [-0.1, -0.05) is 6.92 Å². The molecule has 4 nitrogen and oxygen atoms in total. The van der Waals surface area contributed by atoms with Crippen molar-refractivity contribution >= 4 is 5.97 Å². The maximum absolute atomic E-state index is 11.2. The standard InChI is InChI=1S/C14H24N2O2/c1-10-8-16(9-13(10)14(17)18)12-4-6-15-5-2-3-11(15)7-12/h10-13H,2-9H2,1H3,(H,17,18). The first-order valence-corrected chi connectivity index (χ1v) is 7.36. The predicted molar refractivity (Wildman–Crippen MR) is 69.5 cm³/mol. The summed E-state index contributed by atoms with van der Waals surface area (Å²) in [6.07, 6.45) is 5.20. The molecule has 0 aromatic rings. The Kier molecular flexibility index (Phi) is 3.32. The van der Waals surface area contributed by atoms with Crippen molar-refractivity contribution in [1.29, 1.82) is 0 Å². The summed E-state index contributed by atoms with van der Waals surface area (Å²) in [5.41, 5.74) is 0. The second-order valence-corrected chi connectivity index (χ2v) is 6.39. The first kappa shape index (κ1) is 12.4. The number of hydrogen-bond acceptors (Lipinski definition) is 3. The Bertz CT molecular complexity index is 334. The summed E-state index contributed by atoms with van der Waals surface area (Å²) in [5.74, 6) is -0.445. The van der Waals surface area contributed by atoms with E-state index >= 15 is 0 Å². The summed E-state index contributed by atoms with van der Waals surface area (Å²) >= 11 is 0. The fraction of sp³-hybridized carbons (Fsp3) is 0.929. The van der Waals surface area contributed by atoms with Crippen molar-refractivity contribution < 1.29 is 9.90 Å². The molecule has 3 aliphatic heterocycles. The zero-order chi connectivity index (χ0) is 12.7. The Morgan fingerprint density at radius 3 is 2.61 bits per heavy atom. The Labute approximate surface area is 109 Å². The SMILES string of the molecule is CC1CN(C2CCN3CCCC3C2)CC1C(=O)O. The van der Waals surface area contributed by atoms with Gasteiger partial charge in [0.2, 0.25) is 0 Å². The molecule has 0 aromatic carbocycles. The van der Waals surface area contributed by atoms with Crippen molar-refractivity contribution in [2.45, 2.75) is 44.7 Å².